The van der Waals surface area contributed by atoms with Crippen molar-refractivity contribution in [1.29, 1.82) is 0 Å². The molecule has 2 N–H and O–H groups in total. The minimum atomic E-state index is 0. The largest absolute Gasteiger partial charge is 0.378 e. The van der Waals surface area contributed by atoms with E-state index in [4.69, 9.17) is 4.99 Å². The quantitative estimate of drug-likeness (QED) is 0.384. The number of hydrogen-bond donors (Lipinski definition) is 2. The van der Waals surface area contributed by atoms with Gasteiger partial charge in [-0.1, -0.05) is 12.1 Å². The fourth-order valence-electron chi connectivity index (χ4n) is 2.69. The van der Waals surface area contributed by atoms with Gasteiger partial charge < -0.3 is 15.5 Å². The van der Waals surface area contributed by atoms with Crippen molar-refractivity contribution < 1.29 is 0 Å². The number of rotatable bonds is 6. The third-order valence-corrected chi connectivity index (χ3v) is 5.66. The van der Waals surface area contributed by atoms with Gasteiger partial charge in [-0.05, 0) is 50.1 Å². The van der Waals surface area contributed by atoms with E-state index in [1.54, 1.807) is 0 Å². The lowest BCUT2D eigenvalue weighted by Gasteiger charge is -2.24. The number of thioether (sulfide) groups is 1. The summed E-state index contributed by atoms with van der Waals surface area (Å²) in [5, 5.41) is 6.87. The van der Waals surface area contributed by atoms with Crippen LogP contribution in [0, 0.1) is 0 Å². The van der Waals surface area contributed by atoms with E-state index >= 15 is 0 Å². The molecule has 136 valence electrons. The van der Waals surface area contributed by atoms with E-state index in [-0.39, 0.29) is 24.0 Å². The Kier molecular flexibility index (Phi) is 9.26. The van der Waals surface area contributed by atoms with Crippen molar-refractivity contribution in [1.82, 2.24) is 10.6 Å². The maximum absolute atomic E-state index is 4.74. The molecule has 1 fully saturated rings. The number of hydrogen-bond acceptors (Lipinski definition) is 3. The van der Waals surface area contributed by atoms with Crippen LogP contribution < -0.4 is 15.5 Å². The topological polar surface area (TPSA) is 39.7 Å². The average Bonchev–Trinajstić information content (AvgIpc) is 2.97. The Morgan fingerprint density at radius 2 is 2.12 bits per heavy atom. The second-order valence-electron chi connectivity index (χ2n) is 6.51. The Balaban J connectivity index is 0.00000288. The Hall–Kier alpha value is -0.630. The monoisotopic (exact) mass is 462 g/mol. The Labute approximate surface area is 168 Å². The molecule has 1 unspecified atom stereocenters. The summed E-state index contributed by atoms with van der Waals surface area (Å²) in [6.45, 7) is 7.01. The molecule has 1 aromatic carbocycles. The third kappa shape index (κ3) is 6.70. The summed E-state index contributed by atoms with van der Waals surface area (Å²) in [4.78, 5) is 6.86. The van der Waals surface area contributed by atoms with Crippen LogP contribution in [0.4, 0.5) is 5.69 Å². The predicted octanol–water partition coefficient (Wildman–Crippen LogP) is 3.71. The van der Waals surface area contributed by atoms with Gasteiger partial charge in [0.2, 0.25) is 0 Å². The lowest BCUT2D eigenvalue weighted by atomic mass is 10.1. The molecule has 0 aliphatic carbocycles. The maximum Gasteiger partial charge on any atom is 0.191 e. The molecule has 1 aliphatic rings. The molecule has 1 heterocycles. The van der Waals surface area contributed by atoms with Crippen LogP contribution in [0.5, 0.6) is 0 Å². The van der Waals surface area contributed by atoms with Gasteiger partial charge in [-0.2, -0.15) is 11.8 Å². The molecular formula is C18H31IN4S. The summed E-state index contributed by atoms with van der Waals surface area (Å²) in [7, 11) is 4.13. The van der Waals surface area contributed by atoms with Gasteiger partial charge >= 0.3 is 0 Å². The van der Waals surface area contributed by atoms with Gasteiger partial charge in [-0.25, -0.2) is 4.99 Å². The molecule has 0 amide bonds. The summed E-state index contributed by atoms with van der Waals surface area (Å²) in [6.07, 6.45) is 2.61. The molecule has 0 bridgehead atoms. The first-order valence-corrected chi connectivity index (χ1v) is 9.43. The van der Waals surface area contributed by atoms with Crippen molar-refractivity contribution in [3.05, 3.63) is 29.8 Å². The van der Waals surface area contributed by atoms with Gasteiger partial charge in [0.05, 0.1) is 6.54 Å². The van der Waals surface area contributed by atoms with E-state index in [0.717, 1.165) is 19.0 Å². The second kappa shape index (κ2) is 10.4. The summed E-state index contributed by atoms with van der Waals surface area (Å²) in [6, 6.07) is 8.54. The van der Waals surface area contributed by atoms with Crippen molar-refractivity contribution in [2.24, 2.45) is 4.99 Å². The smallest absolute Gasteiger partial charge is 0.191 e. The zero-order chi connectivity index (χ0) is 16.7. The number of benzene rings is 1. The van der Waals surface area contributed by atoms with Crippen molar-refractivity contribution in [2.45, 2.75) is 38.0 Å². The fraction of sp³-hybridized carbons (Fsp3) is 0.611. The van der Waals surface area contributed by atoms with Crippen LogP contribution in [-0.4, -0.2) is 43.6 Å². The molecule has 1 aliphatic heterocycles. The molecule has 0 spiro atoms. The summed E-state index contributed by atoms with van der Waals surface area (Å²) in [5.74, 6) is 2.19. The molecule has 1 atom stereocenters. The zero-order valence-electron chi connectivity index (χ0n) is 15.3. The van der Waals surface area contributed by atoms with E-state index in [1.807, 2.05) is 0 Å². The predicted molar refractivity (Wildman–Crippen MR) is 119 cm³/mol. The average molecular weight is 462 g/mol. The first-order valence-electron chi connectivity index (χ1n) is 8.45. The van der Waals surface area contributed by atoms with Gasteiger partial charge in [0.15, 0.2) is 5.96 Å². The highest BCUT2D eigenvalue weighted by atomic mass is 127. The molecule has 1 aromatic rings. The van der Waals surface area contributed by atoms with E-state index in [2.05, 4.69) is 79.5 Å². The number of nitrogens with one attached hydrogen (secondary N) is 2. The van der Waals surface area contributed by atoms with Gasteiger partial charge in [-0.15, -0.1) is 24.0 Å². The molecule has 4 nitrogen and oxygen atoms in total. The van der Waals surface area contributed by atoms with E-state index in [1.165, 1.54) is 29.8 Å². The molecule has 24 heavy (non-hydrogen) atoms. The third-order valence-electron chi connectivity index (χ3n) is 4.12. The molecule has 1 saturated heterocycles. The zero-order valence-corrected chi connectivity index (χ0v) is 18.4. The SMILES string of the molecule is CCNC(=NCc1cccc(N(C)C)c1)NCC1(C)CCCS1.I. The first-order chi connectivity index (χ1) is 11.0. The number of halogens is 1. The van der Waals surface area contributed by atoms with Gasteiger partial charge in [0, 0.05) is 37.6 Å². The molecule has 0 saturated carbocycles. The molecule has 2 rings (SSSR count). The lowest BCUT2D eigenvalue weighted by molar-refractivity contribution is 0.584. The number of aliphatic imine (C=N–C) groups is 1. The summed E-state index contributed by atoms with van der Waals surface area (Å²) in [5.41, 5.74) is 2.44. The van der Waals surface area contributed by atoms with Crippen LogP contribution in [0.25, 0.3) is 0 Å². The van der Waals surface area contributed by atoms with E-state index in [9.17, 15) is 0 Å². The highest BCUT2D eigenvalue weighted by Crippen LogP contribution is 2.36. The van der Waals surface area contributed by atoms with Gasteiger partial charge in [0.1, 0.15) is 0 Å². The minimum Gasteiger partial charge on any atom is -0.378 e. The standard InChI is InChI=1S/C18H30N4S.HI/c1-5-19-17(21-14-18(2)10-7-11-23-18)20-13-15-8-6-9-16(12-15)22(3)4;/h6,8-9,12H,5,7,10-11,13-14H2,1-4H3,(H2,19,20,21);1H. The number of guanidine groups is 1. The lowest BCUT2D eigenvalue weighted by Crippen LogP contribution is -2.43. The molecule has 6 heteroatoms. The molecule has 0 aromatic heterocycles. The normalized spacial score (nSPS) is 20.4. The Bertz CT molecular complexity index is 528. The summed E-state index contributed by atoms with van der Waals surface area (Å²) >= 11 is 2.07. The Morgan fingerprint density at radius 3 is 2.75 bits per heavy atom. The summed E-state index contributed by atoms with van der Waals surface area (Å²) < 4.78 is 0.348. The van der Waals surface area contributed by atoms with Crippen LogP contribution >= 0.6 is 35.7 Å². The van der Waals surface area contributed by atoms with Gasteiger partial charge in [0.25, 0.3) is 0 Å². The van der Waals surface area contributed by atoms with Crippen LogP contribution in [0.15, 0.2) is 29.3 Å². The Morgan fingerprint density at radius 1 is 1.33 bits per heavy atom. The van der Waals surface area contributed by atoms with Crippen molar-refractivity contribution >= 4 is 47.4 Å². The molecular weight excluding hydrogens is 431 g/mol. The maximum atomic E-state index is 4.74. The van der Waals surface area contributed by atoms with E-state index in [0.29, 0.717) is 11.3 Å². The van der Waals surface area contributed by atoms with E-state index < -0.39 is 0 Å². The van der Waals surface area contributed by atoms with Crippen LogP contribution in [0.3, 0.4) is 0 Å². The fourth-order valence-corrected chi connectivity index (χ4v) is 3.94. The van der Waals surface area contributed by atoms with Crippen LogP contribution in [0.2, 0.25) is 0 Å². The minimum absolute atomic E-state index is 0. The van der Waals surface area contributed by atoms with Crippen LogP contribution in [-0.2, 0) is 6.54 Å². The van der Waals surface area contributed by atoms with Crippen molar-refractivity contribution in [2.75, 3.05) is 37.8 Å². The van der Waals surface area contributed by atoms with Gasteiger partial charge in [-0.3, -0.25) is 0 Å². The number of nitrogens with zero attached hydrogens (tertiary/aromatic N) is 2. The first kappa shape index (κ1) is 21.4. The molecule has 0 radical (unpaired) electrons. The van der Waals surface area contributed by atoms with Crippen molar-refractivity contribution in [3.63, 3.8) is 0 Å². The van der Waals surface area contributed by atoms with Crippen molar-refractivity contribution in [3.8, 4) is 0 Å². The second-order valence-corrected chi connectivity index (χ2v) is 8.20. The highest BCUT2D eigenvalue weighted by Gasteiger charge is 2.29. The number of anilines is 1. The highest BCUT2D eigenvalue weighted by molar-refractivity contribution is 14.0. The van der Waals surface area contributed by atoms with Crippen LogP contribution in [0.1, 0.15) is 32.3 Å².